The first kappa shape index (κ1) is 16.4. The average molecular weight is 345 g/mol. The molecule has 0 fully saturated rings. The van der Waals surface area contributed by atoms with Crippen molar-refractivity contribution in [2.75, 3.05) is 13.1 Å². The number of hydrogen-bond donors (Lipinski definition) is 1. The van der Waals surface area contributed by atoms with Gasteiger partial charge in [-0.15, -0.1) is 0 Å². The average Bonchev–Trinajstić information content (AvgIpc) is 2.49. The molecule has 0 heterocycles. The number of rotatable bonds is 6. The number of benzene rings is 2. The van der Waals surface area contributed by atoms with Crippen LogP contribution < -0.4 is 10.1 Å². The second kappa shape index (κ2) is 7.90. The lowest BCUT2D eigenvalue weighted by atomic mass is 10.1. The van der Waals surface area contributed by atoms with E-state index in [1.807, 2.05) is 37.3 Å². The summed E-state index contributed by atoms with van der Waals surface area (Å²) in [7, 11) is 0. The molecular weight excluding hydrogens is 329 g/mol. The van der Waals surface area contributed by atoms with Gasteiger partial charge in [-0.05, 0) is 18.2 Å². The summed E-state index contributed by atoms with van der Waals surface area (Å²) in [4.78, 5) is 0. The van der Waals surface area contributed by atoms with Crippen molar-refractivity contribution >= 4 is 34.8 Å². The Morgan fingerprint density at radius 1 is 1.00 bits per heavy atom. The van der Waals surface area contributed by atoms with Crippen LogP contribution in [0, 0.1) is 0 Å². The van der Waals surface area contributed by atoms with E-state index >= 15 is 0 Å². The summed E-state index contributed by atoms with van der Waals surface area (Å²) in [5.41, 5.74) is 1.07. The summed E-state index contributed by atoms with van der Waals surface area (Å²) >= 11 is 18.2. The Labute approximate surface area is 140 Å². The normalized spacial score (nSPS) is 12.2. The molecule has 0 aliphatic heterocycles. The molecule has 0 bridgehead atoms. The van der Waals surface area contributed by atoms with Gasteiger partial charge in [-0.1, -0.05) is 72.1 Å². The maximum Gasteiger partial charge on any atom is 0.140 e. The Morgan fingerprint density at radius 2 is 1.67 bits per heavy atom. The standard InChI is InChI=1S/C16H16Cl3NO/c1-2-20-10-16(11-6-4-3-5-7-11)21-15-9-13(18)12(17)8-14(15)19/h3-9,16,20H,2,10H2,1H3. The van der Waals surface area contributed by atoms with Crippen molar-refractivity contribution in [3.05, 3.63) is 63.1 Å². The van der Waals surface area contributed by atoms with Crippen molar-refractivity contribution in [1.82, 2.24) is 5.32 Å². The smallest absolute Gasteiger partial charge is 0.140 e. The molecule has 0 aliphatic carbocycles. The Morgan fingerprint density at radius 3 is 2.33 bits per heavy atom. The zero-order valence-electron chi connectivity index (χ0n) is 11.6. The molecular formula is C16H16Cl3NO. The second-order valence-electron chi connectivity index (χ2n) is 4.52. The van der Waals surface area contributed by atoms with Crippen LogP contribution in [0.4, 0.5) is 0 Å². The monoisotopic (exact) mass is 343 g/mol. The van der Waals surface area contributed by atoms with Crippen LogP contribution in [0.2, 0.25) is 15.1 Å². The predicted molar refractivity (Wildman–Crippen MR) is 89.8 cm³/mol. The summed E-state index contributed by atoms with van der Waals surface area (Å²) in [5.74, 6) is 0.526. The molecule has 0 amide bonds. The van der Waals surface area contributed by atoms with Crippen LogP contribution in [0.25, 0.3) is 0 Å². The quantitative estimate of drug-likeness (QED) is 0.711. The predicted octanol–water partition coefficient (Wildman–Crippen LogP) is 5.38. The molecule has 0 spiro atoms. The van der Waals surface area contributed by atoms with Crippen LogP contribution >= 0.6 is 34.8 Å². The van der Waals surface area contributed by atoms with Gasteiger partial charge in [-0.25, -0.2) is 0 Å². The van der Waals surface area contributed by atoms with Crippen molar-refractivity contribution in [2.24, 2.45) is 0 Å². The van der Waals surface area contributed by atoms with Gasteiger partial charge in [0.1, 0.15) is 11.9 Å². The van der Waals surface area contributed by atoms with Gasteiger partial charge in [0.15, 0.2) is 0 Å². The largest absolute Gasteiger partial charge is 0.483 e. The van der Waals surface area contributed by atoms with E-state index in [4.69, 9.17) is 39.5 Å². The molecule has 0 saturated heterocycles. The van der Waals surface area contributed by atoms with Gasteiger partial charge < -0.3 is 10.1 Å². The molecule has 5 heteroatoms. The van der Waals surface area contributed by atoms with E-state index in [1.54, 1.807) is 12.1 Å². The zero-order chi connectivity index (χ0) is 15.2. The third kappa shape index (κ3) is 4.52. The number of ether oxygens (including phenoxy) is 1. The first-order valence-electron chi connectivity index (χ1n) is 6.68. The third-order valence-electron chi connectivity index (χ3n) is 3.00. The molecule has 1 unspecified atom stereocenters. The Balaban J connectivity index is 2.25. The highest BCUT2D eigenvalue weighted by Crippen LogP contribution is 2.36. The van der Waals surface area contributed by atoms with Crippen LogP contribution in [0.15, 0.2) is 42.5 Å². The van der Waals surface area contributed by atoms with Gasteiger partial charge in [0, 0.05) is 12.6 Å². The van der Waals surface area contributed by atoms with Crippen molar-refractivity contribution in [2.45, 2.75) is 13.0 Å². The van der Waals surface area contributed by atoms with Gasteiger partial charge in [-0.2, -0.15) is 0 Å². The SMILES string of the molecule is CCNCC(Oc1cc(Cl)c(Cl)cc1Cl)c1ccccc1. The molecule has 21 heavy (non-hydrogen) atoms. The number of nitrogens with one attached hydrogen (secondary N) is 1. The van der Waals surface area contributed by atoms with Crippen LogP contribution in [0.5, 0.6) is 5.75 Å². The maximum absolute atomic E-state index is 6.18. The highest BCUT2D eigenvalue weighted by Gasteiger charge is 2.16. The molecule has 112 valence electrons. The van der Waals surface area contributed by atoms with E-state index in [-0.39, 0.29) is 6.10 Å². The molecule has 1 atom stereocenters. The van der Waals surface area contributed by atoms with Crippen molar-refractivity contribution in [1.29, 1.82) is 0 Å². The lowest BCUT2D eigenvalue weighted by molar-refractivity contribution is 0.203. The number of hydrogen-bond acceptors (Lipinski definition) is 2. The van der Waals surface area contributed by atoms with E-state index < -0.39 is 0 Å². The van der Waals surface area contributed by atoms with Gasteiger partial charge in [-0.3, -0.25) is 0 Å². The molecule has 2 aromatic rings. The van der Waals surface area contributed by atoms with Crippen LogP contribution in [-0.2, 0) is 0 Å². The van der Waals surface area contributed by atoms with E-state index in [1.165, 1.54) is 0 Å². The third-order valence-corrected chi connectivity index (χ3v) is 4.01. The lowest BCUT2D eigenvalue weighted by Gasteiger charge is -2.21. The maximum atomic E-state index is 6.18. The van der Waals surface area contributed by atoms with Crippen LogP contribution in [0.1, 0.15) is 18.6 Å². The minimum absolute atomic E-state index is 0.152. The topological polar surface area (TPSA) is 21.3 Å². The van der Waals surface area contributed by atoms with Crippen molar-refractivity contribution in [3.8, 4) is 5.75 Å². The summed E-state index contributed by atoms with van der Waals surface area (Å²) in [6.45, 7) is 3.59. The highest BCUT2D eigenvalue weighted by molar-refractivity contribution is 6.43. The van der Waals surface area contributed by atoms with E-state index in [0.29, 0.717) is 27.4 Å². The molecule has 2 rings (SSSR count). The minimum Gasteiger partial charge on any atom is -0.483 e. The first-order chi connectivity index (χ1) is 10.1. The molecule has 1 N–H and O–H groups in total. The molecule has 2 nitrogen and oxygen atoms in total. The minimum atomic E-state index is -0.152. The first-order valence-corrected chi connectivity index (χ1v) is 7.82. The fourth-order valence-corrected chi connectivity index (χ4v) is 2.50. The molecule has 0 aliphatic rings. The summed E-state index contributed by atoms with van der Waals surface area (Å²) < 4.78 is 6.03. The Kier molecular flexibility index (Phi) is 6.19. The molecule has 0 aromatic heterocycles. The Bertz CT molecular complexity index is 590. The van der Waals surface area contributed by atoms with E-state index in [2.05, 4.69) is 5.32 Å². The fourth-order valence-electron chi connectivity index (χ4n) is 1.92. The van der Waals surface area contributed by atoms with Gasteiger partial charge in [0.2, 0.25) is 0 Å². The van der Waals surface area contributed by atoms with Gasteiger partial charge in [0.25, 0.3) is 0 Å². The van der Waals surface area contributed by atoms with E-state index in [0.717, 1.165) is 12.1 Å². The zero-order valence-corrected chi connectivity index (χ0v) is 13.8. The number of likely N-dealkylation sites (N-methyl/N-ethyl adjacent to an activating group) is 1. The van der Waals surface area contributed by atoms with Crippen molar-refractivity contribution in [3.63, 3.8) is 0 Å². The van der Waals surface area contributed by atoms with E-state index in [9.17, 15) is 0 Å². The number of halogens is 3. The second-order valence-corrected chi connectivity index (χ2v) is 5.74. The van der Waals surface area contributed by atoms with Gasteiger partial charge in [0.05, 0.1) is 15.1 Å². The molecule has 2 aromatic carbocycles. The summed E-state index contributed by atoms with van der Waals surface area (Å²) in [5, 5.41) is 4.57. The van der Waals surface area contributed by atoms with Gasteiger partial charge >= 0.3 is 0 Å². The summed E-state index contributed by atoms with van der Waals surface area (Å²) in [6.07, 6.45) is -0.152. The highest BCUT2D eigenvalue weighted by atomic mass is 35.5. The lowest BCUT2D eigenvalue weighted by Crippen LogP contribution is -2.25. The van der Waals surface area contributed by atoms with Crippen LogP contribution in [0.3, 0.4) is 0 Å². The van der Waals surface area contributed by atoms with Crippen molar-refractivity contribution < 1.29 is 4.74 Å². The molecule has 0 saturated carbocycles. The molecule has 0 radical (unpaired) electrons. The Hall–Kier alpha value is -0.930. The van der Waals surface area contributed by atoms with Crippen LogP contribution in [-0.4, -0.2) is 13.1 Å². The summed E-state index contributed by atoms with van der Waals surface area (Å²) in [6, 6.07) is 13.2. The fraction of sp³-hybridized carbons (Fsp3) is 0.250.